The van der Waals surface area contributed by atoms with Gasteiger partial charge in [0, 0.05) is 27.2 Å². The largest absolute Gasteiger partial charge is 0.295 e. The number of hydrogen-bond donors (Lipinski definition) is 0. The Kier molecular flexibility index (Phi) is 2.74. The minimum Gasteiger partial charge on any atom is -0.232 e. The van der Waals surface area contributed by atoms with Crippen molar-refractivity contribution in [3.05, 3.63) is 58.9 Å². The van der Waals surface area contributed by atoms with Gasteiger partial charge in [0.25, 0.3) is 5.65 Å². The van der Waals surface area contributed by atoms with Crippen molar-refractivity contribution in [1.29, 1.82) is 0 Å². The van der Waals surface area contributed by atoms with Crippen LogP contribution in [0.1, 0.15) is 50.1 Å². The van der Waals surface area contributed by atoms with Crippen LogP contribution in [0, 0.1) is 13.8 Å². The second-order valence-electron chi connectivity index (χ2n) is 9.17. The summed E-state index contributed by atoms with van der Waals surface area (Å²) in [5.41, 5.74) is 8.42. The first-order chi connectivity index (χ1) is 12.2. The van der Waals surface area contributed by atoms with Gasteiger partial charge in [0.05, 0.1) is 12.4 Å². The average Bonchev–Trinajstić information content (AvgIpc) is 2.94. The van der Waals surface area contributed by atoms with E-state index in [4.69, 9.17) is 0 Å². The molecule has 1 aliphatic heterocycles. The quantitative estimate of drug-likeness (QED) is 0.304. The van der Waals surface area contributed by atoms with Crippen molar-refractivity contribution in [3.8, 4) is 0 Å². The monoisotopic (exact) mass is 343 g/mol. The van der Waals surface area contributed by atoms with Crippen molar-refractivity contribution in [3.63, 3.8) is 0 Å². The summed E-state index contributed by atoms with van der Waals surface area (Å²) in [5, 5.41) is 4.13. The fourth-order valence-electron chi connectivity index (χ4n) is 5.02. The van der Waals surface area contributed by atoms with E-state index in [9.17, 15) is 0 Å². The molecule has 0 saturated carbocycles. The highest BCUT2D eigenvalue weighted by Crippen LogP contribution is 2.51. The van der Waals surface area contributed by atoms with Crippen LogP contribution >= 0.6 is 0 Å². The summed E-state index contributed by atoms with van der Waals surface area (Å²) in [5.74, 6) is 0. The van der Waals surface area contributed by atoms with Crippen LogP contribution in [0.5, 0.6) is 0 Å². The highest BCUT2D eigenvalue weighted by Gasteiger charge is 2.50. The summed E-state index contributed by atoms with van der Waals surface area (Å²) in [6, 6.07) is 11.5. The van der Waals surface area contributed by atoms with Gasteiger partial charge in [-0.2, -0.15) is 4.40 Å². The molecule has 0 spiro atoms. The Bertz CT molecular complexity index is 1250. The van der Waals surface area contributed by atoms with Gasteiger partial charge in [0.15, 0.2) is 5.69 Å². The number of aromatic nitrogens is 2. The van der Waals surface area contributed by atoms with Crippen LogP contribution in [0.2, 0.25) is 0 Å². The van der Waals surface area contributed by atoms with E-state index in [0.717, 1.165) is 0 Å². The molecule has 5 rings (SSSR count). The normalized spacial score (nSPS) is 17.7. The molecule has 132 valence electrons. The minimum atomic E-state index is 0.0455. The highest BCUT2D eigenvalue weighted by atomic mass is 15.1. The van der Waals surface area contributed by atoms with E-state index in [-0.39, 0.29) is 10.8 Å². The lowest BCUT2D eigenvalue weighted by molar-refractivity contribution is -0.643. The predicted molar refractivity (Wildman–Crippen MR) is 109 cm³/mol. The van der Waals surface area contributed by atoms with Gasteiger partial charge >= 0.3 is 0 Å². The zero-order chi connectivity index (χ0) is 18.6. The fourth-order valence-corrected chi connectivity index (χ4v) is 5.02. The lowest BCUT2D eigenvalue weighted by Gasteiger charge is -2.42. The first kappa shape index (κ1) is 15.9. The number of aryl methyl sites for hydroxylation is 3. The third-order valence-corrected chi connectivity index (χ3v) is 7.49. The Morgan fingerprint density at radius 2 is 1.62 bits per heavy atom. The van der Waals surface area contributed by atoms with Crippen molar-refractivity contribution < 1.29 is 4.57 Å². The van der Waals surface area contributed by atoms with Crippen molar-refractivity contribution in [2.75, 3.05) is 0 Å². The van der Waals surface area contributed by atoms with E-state index in [2.05, 4.69) is 94.1 Å². The summed E-state index contributed by atoms with van der Waals surface area (Å²) in [7, 11) is 2.20. The van der Waals surface area contributed by atoms with Crippen LogP contribution in [-0.4, -0.2) is 4.40 Å². The number of para-hydroxylation sites is 1. The number of benzene rings is 2. The number of nitrogens with zero attached hydrogens (tertiary/aromatic N) is 2. The van der Waals surface area contributed by atoms with Gasteiger partial charge in [-0.1, -0.05) is 58.0 Å². The van der Waals surface area contributed by atoms with E-state index in [1.54, 1.807) is 0 Å². The SMILES string of the molecule is Cc1ccc2c3cccc4c3n3c(c[n+](C)c3c2c1C)C(C)(C)C4(C)C. The number of pyridine rings is 1. The Morgan fingerprint density at radius 1 is 0.885 bits per heavy atom. The molecule has 2 nitrogen and oxygen atoms in total. The first-order valence-electron chi connectivity index (χ1n) is 9.54. The molecule has 0 amide bonds. The zero-order valence-corrected chi connectivity index (χ0v) is 16.9. The van der Waals surface area contributed by atoms with Crippen molar-refractivity contribution in [1.82, 2.24) is 4.40 Å². The van der Waals surface area contributed by atoms with Gasteiger partial charge in [-0.05, 0) is 25.0 Å². The minimum absolute atomic E-state index is 0.0455. The lowest BCUT2D eigenvalue weighted by Crippen LogP contribution is -2.44. The molecule has 0 N–H and O–H groups in total. The highest BCUT2D eigenvalue weighted by molar-refractivity contribution is 6.13. The van der Waals surface area contributed by atoms with Crippen molar-refractivity contribution >= 4 is 27.3 Å². The van der Waals surface area contributed by atoms with E-state index in [0.29, 0.717) is 0 Å². The maximum atomic E-state index is 2.55. The molecule has 1 aliphatic rings. The predicted octanol–water partition coefficient (Wildman–Crippen LogP) is 5.26. The second-order valence-corrected chi connectivity index (χ2v) is 9.17. The van der Waals surface area contributed by atoms with Gasteiger partial charge in [-0.3, -0.25) is 0 Å². The summed E-state index contributed by atoms with van der Waals surface area (Å²) in [6.07, 6.45) is 2.35. The Morgan fingerprint density at radius 3 is 2.35 bits per heavy atom. The smallest absolute Gasteiger partial charge is 0.232 e. The van der Waals surface area contributed by atoms with Gasteiger partial charge in [-0.25, -0.2) is 4.57 Å². The van der Waals surface area contributed by atoms with E-state index >= 15 is 0 Å². The molecule has 26 heavy (non-hydrogen) atoms. The molecule has 0 bridgehead atoms. The van der Waals surface area contributed by atoms with Crippen LogP contribution in [-0.2, 0) is 17.9 Å². The van der Waals surface area contributed by atoms with E-state index in [1.807, 2.05) is 0 Å². The summed E-state index contributed by atoms with van der Waals surface area (Å²) in [6.45, 7) is 14.1. The molecular formula is C24H27N2+. The standard InChI is InChI=1S/C24H27N2/c1-14-11-12-16-17-9-8-10-18-21(17)26-19(24(5,6)23(18,3)4)13-25(7)22(26)20(16)15(14)2/h8-13H,1-7H3/q+1. The molecule has 0 fully saturated rings. The number of hydrogen-bond acceptors (Lipinski definition) is 0. The molecule has 0 atom stereocenters. The lowest BCUT2D eigenvalue weighted by atomic mass is 9.61. The molecule has 0 saturated heterocycles. The summed E-state index contributed by atoms with van der Waals surface area (Å²) >= 11 is 0. The number of fused-ring (bicyclic) bond motifs is 3. The molecule has 0 radical (unpaired) electrons. The molecule has 0 aliphatic carbocycles. The van der Waals surface area contributed by atoms with Gasteiger partial charge in [-0.15, -0.1) is 0 Å². The third kappa shape index (κ3) is 1.53. The molecule has 2 aromatic heterocycles. The van der Waals surface area contributed by atoms with Crippen LogP contribution in [0.3, 0.4) is 0 Å². The fraction of sp³-hybridized carbons (Fsp3) is 0.375. The first-order valence-corrected chi connectivity index (χ1v) is 9.54. The van der Waals surface area contributed by atoms with E-state index in [1.165, 1.54) is 49.7 Å². The Labute approximate surface area is 155 Å². The van der Waals surface area contributed by atoms with Gasteiger partial charge in [0.1, 0.15) is 11.7 Å². The topological polar surface area (TPSA) is 8.29 Å². The second kappa shape index (κ2) is 4.49. The molecular weight excluding hydrogens is 316 g/mol. The maximum absolute atomic E-state index is 2.55. The Balaban J connectivity index is 2.24. The average molecular weight is 343 g/mol. The molecule has 2 aromatic carbocycles. The summed E-state index contributed by atoms with van der Waals surface area (Å²) in [4.78, 5) is 0. The van der Waals surface area contributed by atoms with Crippen molar-refractivity contribution in [2.24, 2.45) is 7.05 Å². The molecule has 2 heteroatoms. The van der Waals surface area contributed by atoms with Crippen molar-refractivity contribution in [2.45, 2.75) is 52.4 Å². The molecule has 0 unspecified atom stereocenters. The van der Waals surface area contributed by atoms with E-state index < -0.39 is 0 Å². The van der Waals surface area contributed by atoms with Gasteiger partial charge in [0.2, 0.25) is 0 Å². The van der Waals surface area contributed by atoms with Crippen LogP contribution in [0.4, 0.5) is 0 Å². The maximum Gasteiger partial charge on any atom is 0.295 e. The number of imidazole rings is 1. The zero-order valence-electron chi connectivity index (χ0n) is 16.9. The van der Waals surface area contributed by atoms with Gasteiger partial charge < -0.3 is 0 Å². The molecule has 4 aromatic rings. The van der Waals surface area contributed by atoms with Crippen LogP contribution in [0.15, 0.2) is 36.5 Å². The Hall–Kier alpha value is -2.35. The third-order valence-electron chi connectivity index (χ3n) is 7.49. The van der Waals surface area contributed by atoms with Crippen LogP contribution in [0.25, 0.3) is 27.3 Å². The summed E-state index contributed by atoms with van der Waals surface area (Å²) < 4.78 is 4.88. The molecule has 3 heterocycles. The number of rotatable bonds is 0. The van der Waals surface area contributed by atoms with Crippen LogP contribution < -0.4 is 4.57 Å².